The van der Waals surface area contributed by atoms with Crippen molar-refractivity contribution in [1.29, 1.82) is 0 Å². The van der Waals surface area contributed by atoms with E-state index in [-0.39, 0.29) is 5.91 Å². The second kappa shape index (κ2) is 6.44. The van der Waals surface area contributed by atoms with Crippen molar-refractivity contribution in [1.82, 2.24) is 14.9 Å². The van der Waals surface area contributed by atoms with E-state index in [1.807, 2.05) is 4.90 Å². The second-order valence-corrected chi connectivity index (χ2v) is 7.58. The van der Waals surface area contributed by atoms with E-state index < -0.39 is 0 Å². The standard InChI is InChI=1S/C19H20N4OS/c1-12-2-4-13(5-3-12)6-7-16(24)23-9-8-14-15(10-23)25-19-17(14)18(20)21-11-22-19/h2-5,11H,6-10H2,1H3,(H2,20,21,22). The van der Waals surface area contributed by atoms with Crippen molar-refractivity contribution in [2.45, 2.75) is 32.7 Å². The first-order chi connectivity index (χ1) is 12.1. The Morgan fingerprint density at radius 3 is 2.88 bits per heavy atom. The molecule has 0 radical (unpaired) electrons. The van der Waals surface area contributed by atoms with Crippen LogP contribution in [0, 0.1) is 6.92 Å². The van der Waals surface area contributed by atoms with Crippen LogP contribution in [0.25, 0.3) is 10.2 Å². The van der Waals surface area contributed by atoms with E-state index in [2.05, 4.69) is 41.2 Å². The number of amides is 1. The normalized spacial score (nSPS) is 13.9. The van der Waals surface area contributed by atoms with Crippen molar-refractivity contribution in [3.8, 4) is 0 Å². The summed E-state index contributed by atoms with van der Waals surface area (Å²) in [7, 11) is 0. The molecule has 0 atom stereocenters. The fraction of sp³-hybridized carbons (Fsp3) is 0.316. The van der Waals surface area contributed by atoms with Crippen LogP contribution in [0.3, 0.4) is 0 Å². The van der Waals surface area contributed by atoms with Gasteiger partial charge in [-0.15, -0.1) is 11.3 Å². The zero-order valence-corrected chi connectivity index (χ0v) is 15.0. The van der Waals surface area contributed by atoms with Gasteiger partial charge in [0.25, 0.3) is 0 Å². The van der Waals surface area contributed by atoms with Gasteiger partial charge in [0.15, 0.2) is 0 Å². The first-order valence-electron chi connectivity index (χ1n) is 8.46. The van der Waals surface area contributed by atoms with Crippen LogP contribution in [0.2, 0.25) is 0 Å². The van der Waals surface area contributed by atoms with Gasteiger partial charge in [-0.2, -0.15) is 0 Å². The molecule has 25 heavy (non-hydrogen) atoms. The van der Waals surface area contributed by atoms with Gasteiger partial charge in [-0.1, -0.05) is 29.8 Å². The Labute approximate surface area is 150 Å². The Hall–Kier alpha value is -2.47. The number of benzene rings is 1. The molecule has 2 aromatic heterocycles. The molecule has 0 bridgehead atoms. The number of anilines is 1. The number of carbonyl (C=O) groups is 1. The Morgan fingerprint density at radius 2 is 2.08 bits per heavy atom. The van der Waals surface area contributed by atoms with Gasteiger partial charge in [0.1, 0.15) is 17.0 Å². The maximum Gasteiger partial charge on any atom is 0.223 e. The molecular formula is C19H20N4OS. The van der Waals surface area contributed by atoms with Gasteiger partial charge < -0.3 is 10.6 Å². The van der Waals surface area contributed by atoms with Crippen molar-refractivity contribution in [2.24, 2.45) is 0 Å². The van der Waals surface area contributed by atoms with Gasteiger partial charge in [-0.3, -0.25) is 4.79 Å². The number of nitrogen functional groups attached to an aromatic ring is 1. The smallest absolute Gasteiger partial charge is 0.223 e. The van der Waals surface area contributed by atoms with E-state index in [0.29, 0.717) is 18.8 Å². The maximum atomic E-state index is 12.6. The molecule has 1 aromatic carbocycles. The molecule has 0 saturated carbocycles. The first kappa shape index (κ1) is 16.0. The zero-order valence-electron chi connectivity index (χ0n) is 14.2. The van der Waals surface area contributed by atoms with Gasteiger partial charge in [0, 0.05) is 17.8 Å². The van der Waals surface area contributed by atoms with Gasteiger partial charge in [-0.25, -0.2) is 9.97 Å². The van der Waals surface area contributed by atoms with Crippen LogP contribution in [0.5, 0.6) is 0 Å². The topological polar surface area (TPSA) is 72.1 Å². The summed E-state index contributed by atoms with van der Waals surface area (Å²) in [6.07, 6.45) is 3.66. The van der Waals surface area contributed by atoms with Crippen LogP contribution in [0.1, 0.15) is 28.0 Å². The zero-order chi connectivity index (χ0) is 17.4. The van der Waals surface area contributed by atoms with E-state index >= 15 is 0 Å². The molecule has 0 spiro atoms. The average Bonchev–Trinajstić information content (AvgIpc) is 3.00. The molecule has 1 aliphatic rings. The Kier molecular flexibility index (Phi) is 4.13. The lowest BCUT2D eigenvalue weighted by molar-refractivity contribution is -0.132. The lowest BCUT2D eigenvalue weighted by Gasteiger charge is -2.27. The third-order valence-corrected chi connectivity index (χ3v) is 5.89. The molecule has 1 amide bonds. The van der Waals surface area contributed by atoms with Gasteiger partial charge in [0.2, 0.25) is 5.91 Å². The highest BCUT2D eigenvalue weighted by atomic mass is 32.1. The van der Waals surface area contributed by atoms with Crippen molar-refractivity contribution >= 4 is 33.3 Å². The number of rotatable bonds is 3. The number of hydrogen-bond acceptors (Lipinski definition) is 5. The van der Waals surface area contributed by atoms with E-state index in [1.54, 1.807) is 11.3 Å². The SMILES string of the molecule is Cc1ccc(CCC(=O)N2CCc3c(sc4ncnc(N)c34)C2)cc1. The minimum Gasteiger partial charge on any atom is -0.383 e. The van der Waals surface area contributed by atoms with E-state index in [0.717, 1.165) is 29.6 Å². The van der Waals surface area contributed by atoms with Crippen molar-refractivity contribution in [3.63, 3.8) is 0 Å². The quantitative estimate of drug-likeness (QED) is 0.786. The molecule has 3 heterocycles. The molecule has 0 aliphatic carbocycles. The fourth-order valence-corrected chi connectivity index (χ4v) is 4.54. The first-order valence-corrected chi connectivity index (χ1v) is 9.27. The molecule has 2 N–H and O–H groups in total. The monoisotopic (exact) mass is 352 g/mol. The Bertz CT molecular complexity index is 932. The molecule has 6 heteroatoms. The Balaban J connectivity index is 1.46. The predicted octanol–water partition coefficient (Wildman–Crippen LogP) is 3.10. The number of nitrogens with zero attached hydrogens (tertiary/aromatic N) is 3. The molecule has 3 aromatic rings. The summed E-state index contributed by atoms with van der Waals surface area (Å²) in [5.41, 5.74) is 9.69. The van der Waals surface area contributed by atoms with Gasteiger partial charge in [-0.05, 0) is 30.9 Å². The lowest BCUT2D eigenvalue weighted by Crippen LogP contribution is -2.35. The van der Waals surface area contributed by atoms with Crippen molar-refractivity contribution in [2.75, 3.05) is 12.3 Å². The number of hydrogen-bond donors (Lipinski definition) is 1. The lowest BCUT2D eigenvalue weighted by atomic mass is 10.0. The highest BCUT2D eigenvalue weighted by Crippen LogP contribution is 2.36. The average molecular weight is 352 g/mol. The third kappa shape index (κ3) is 3.09. The van der Waals surface area contributed by atoms with Crippen LogP contribution < -0.4 is 5.73 Å². The van der Waals surface area contributed by atoms with Crippen LogP contribution in [-0.2, 0) is 24.2 Å². The summed E-state index contributed by atoms with van der Waals surface area (Å²) < 4.78 is 0. The highest BCUT2D eigenvalue weighted by molar-refractivity contribution is 7.19. The van der Waals surface area contributed by atoms with Crippen LogP contribution >= 0.6 is 11.3 Å². The molecule has 0 unspecified atom stereocenters. The number of aryl methyl sites for hydroxylation is 2. The van der Waals surface area contributed by atoms with E-state index in [1.165, 1.54) is 27.9 Å². The fourth-order valence-electron chi connectivity index (χ4n) is 3.33. The molecule has 128 valence electrons. The summed E-state index contributed by atoms with van der Waals surface area (Å²) in [5, 5.41) is 0.981. The number of fused-ring (bicyclic) bond motifs is 3. The molecule has 4 rings (SSSR count). The van der Waals surface area contributed by atoms with Gasteiger partial charge >= 0.3 is 0 Å². The predicted molar refractivity (Wildman–Crippen MR) is 100 cm³/mol. The van der Waals surface area contributed by atoms with Crippen molar-refractivity contribution in [3.05, 3.63) is 52.2 Å². The van der Waals surface area contributed by atoms with E-state index in [9.17, 15) is 4.79 Å². The number of carbonyl (C=O) groups excluding carboxylic acids is 1. The Morgan fingerprint density at radius 1 is 1.28 bits per heavy atom. The number of thiophene rings is 1. The van der Waals surface area contributed by atoms with Crippen LogP contribution in [0.15, 0.2) is 30.6 Å². The third-order valence-electron chi connectivity index (χ3n) is 4.77. The second-order valence-electron chi connectivity index (χ2n) is 6.49. The molecular weight excluding hydrogens is 332 g/mol. The maximum absolute atomic E-state index is 12.6. The summed E-state index contributed by atoms with van der Waals surface area (Å²) in [5.74, 6) is 0.754. The largest absolute Gasteiger partial charge is 0.383 e. The minimum absolute atomic E-state index is 0.211. The summed E-state index contributed by atoms with van der Waals surface area (Å²) >= 11 is 1.63. The highest BCUT2D eigenvalue weighted by Gasteiger charge is 2.25. The van der Waals surface area contributed by atoms with Gasteiger partial charge in [0.05, 0.1) is 11.9 Å². The molecule has 0 saturated heterocycles. The molecule has 1 aliphatic heterocycles. The summed E-state index contributed by atoms with van der Waals surface area (Å²) in [6, 6.07) is 8.39. The van der Waals surface area contributed by atoms with Crippen LogP contribution in [-0.4, -0.2) is 27.3 Å². The summed E-state index contributed by atoms with van der Waals surface area (Å²) in [4.78, 5) is 25.1. The molecule has 5 nitrogen and oxygen atoms in total. The summed E-state index contributed by atoms with van der Waals surface area (Å²) in [6.45, 7) is 3.46. The molecule has 0 fully saturated rings. The number of nitrogens with two attached hydrogens (primary N) is 1. The minimum atomic E-state index is 0.211. The van der Waals surface area contributed by atoms with E-state index in [4.69, 9.17) is 5.73 Å². The van der Waals surface area contributed by atoms with Crippen LogP contribution in [0.4, 0.5) is 5.82 Å². The number of aromatic nitrogens is 2. The van der Waals surface area contributed by atoms with Crippen molar-refractivity contribution < 1.29 is 4.79 Å².